The van der Waals surface area contributed by atoms with Crippen molar-refractivity contribution in [3.05, 3.63) is 36.4 Å². The van der Waals surface area contributed by atoms with Gasteiger partial charge in [-0.05, 0) is 63.1 Å². The maximum atomic E-state index is 5.97. The first kappa shape index (κ1) is 23.7. The highest BCUT2D eigenvalue weighted by Gasteiger charge is 2.30. The first-order chi connectivity index (χ1) is 17.7. The lowest BCUT2D eigenvalue weighted by atomic mass is 10.2. The van der Waals surface area contributed by atoms with E-state index >= 15 is 0 Å². The fourth-order valence-corrected chi connectivity index (χ4v) is 6.78. The second-order valence-corrected chi connectivity index (χ2v) is 11.1. The summed E-state index contributed by atoms with van der Waals surface area (Å²) in [6.45, 7) is 9.47. The summed E-state index contributed by atoms with van der Waals surface area (Å²) in [5, 5.41) is 2.03. The van der Waals surface area contributed by atoms with Crippen molar-refractivity contribution in [1.29, 1.82) is 0 Å². The van der Waals surface area contributed by atoms with Crippen molar-refractivity contribution in [2.75, 3.05) is 56.2 Å². The molecule has 4 aromatic rings. The van der Waals surface area contributed by atoms with Crippen LogP contribution >= 0.6 is 22.7 Å². The van der Waals surface area contributed by atoms with E-state index in [0.717, 1.165) is 88.2 Å². The fraction of sp³-hybridized carbons (Fsp3) is 0.462. The molecule has 2 aliphatic rings. The van der Waals surface area contributed by atoms with E-state index in [1.165, 1.54) is 0 Å². The van der Waals surface area contributed by atoms with Crippen LogP contribution in [-0.4, -0.2) is 67.3 Å². The number of aromatic nitrogens is 2. The maximum Gasteiger partial charge on any atom is 0.188 e. The van der Waals surface area contributed by atoms with Crippen molar-refractivity contribution in [2.45, 2.75) is 32.8 Å². The molecule has 6 rings (SSSR count). The lowest BCUT2D eigenvalue weighted by molar-refractivity contribution is 0.0689. The van der Waals surface area contributed by atoms with E-state index in [0.29, 0.717) is 19.3 Å². The summed E-state index contributed by atoms with van der Waals surface area (Å²) < 4.78 is 19.7. The monoisotopic (exact) mass is 525 g/mol. The van der Waals surface area contributed by atoms with Gasteiger partial charge >= 0.3 is 0 Å². The smallest absolute Gasteiger partial charge is 0.188 e. The third-order valence-corrected chi connectivity index (χ3v) is 8.59. The molecule has 2 saturated heterocycles. The number of fused-ring (bicyclic) bond motifs is 2. The zero-order chi connectivity index (χ0) is 24.5. The fourth-order valence-electron chi connectivity index (χ4n) is 4.83. The van der Waals surface area contributed by atoms with Crippen LogP contribution in [0.4, 0.5) is 10.3 Å². The van der Waals surface area contributed by atoms with E-state index in [2.05, 4.69) is 39.0 Å². The van der Waals surface area contributed by atoms with Gasteiger partial charge in [0.1, 0.15) is 11.5 Å². The van der Waals surface area contributed by atoms with Gasteiger partial charge in [-0.2, -0.15) is 0 Å². The zero-order valence-electron chi connectivity index (χ0n) is 20.7. The Balaban J connectivity index is 1.29. The van der Waals surface area contributed by atoms with Gasteiger partial charge in [0.2, 0.25) is 0 Å². The highest BCUT2D eigenvalue weighted by atomic mass is 32.1. The van der Waals surface area contributed by atoms with Gasteiger partial charge in [0.05, 0.1) is 59.8 Å². The molecule has 0 saturated carbocycles. The minimum absolute atomic E-state index is 0.292. The number of thiazole rings is 2. The molecule has 10 heteroatoms. The van der Waals surface area contributed by atoms with Crippen molar-refractivity contribution in [3.63, 3.8) is 0 Å². The Morgan fingerprint density at radius 2 is 1.44 bits per heavy atom. The number of anilines is 2. The minimum Gasteiger partial charge on any atom is -0.494 e. The van der Waals surface area contributed by atoms with Crippen molar-refractivity contribution in [2.24, 2.45) is 0 Å². The van der Waals surface area contributed by atoms with Gasteiger partial charge in [-0.1, -0.05) is 22.7 Å². The van der Waals surface area contributed by atoms with Crippen molar-refractivity contribution in [3.8, 4) is 11.5 Å². The van der Waals surface area contributed by atoms with Gasteiger partial charge in [-0.15, -0.1) is 0 Å². The number of rotatable bonds is 8. The third-order valence-electron chi connectivity index (χ3n) is 6.43. The lowest BCUT2D eigenvalue weighted by Crippen LogP contribution is -2.56. The largest absolute Gasteiger partial charge is 0.494 e. The molecule has 1 atom stereocenters. The van der Waals surface area contributed by atoms with Gasteiger partial charge in [-0.3, -0.25) is 4.90 Å². The Bertz CT molecular complexity index is 1240. The van der Waals surface area contributed by atoms with Crippen LogP contribution in [0.1, 0.15) is 26.7 Å². The van der Waals surface area contributed by atoms with E-state index in [4.69, 9.17) is 24.2 Å². The van der Waals surface area contributed by atoms with E-state index in [-0.39, 0.29) is 0 Å². The number of nitrogens with zero attached hydrogens (tertiary/aromatic N) is 5. The Morgan fingerprint density at radius 3 is 1.94 bits per heavy atom. The summed E-state index contributed by atoms with van der Waals surface area (Å²) in [5.74, 6) is 1.78. The molecule has 0 N–H and O–H groups in total. The summed E-state index contributed by atoms with van der Waals surface area (Å²) in [4.78, 5) is 17.1. The molecular formula is C26H31N5O3S2. The van der Waals surface area contributed by atoms with E-state index in [1.807, 2.05) is 26.0 Å². The van der Waals surface area contributed by atoms with Crippen LogP contribution in [-0.2, 0) is 4.74 Å². The Labute approximate surface area is 219 Å². The predicted octanol–water partition coefficient (Wildman–Crippen LogP) is 5.38. The first-order valence-electron chi connectivity index (χ1n) is 12.6. The summed E-state index contributed by atoms with van der Waals surface area (Å²) in [7, 11) is 0. The highest BCUT2D eigenvalue weighted by molar-refractivity contribution is 7.22. The first-order valence-corrected chi connectivity index (χ1v) is 14.2. The summed E-state index contributed by atoms with van der Waals surface area (Å²) in [6.07, 6.45) is 2.56. The second-order valence-electron chi connectivity index (χ2n) is 9.11. The highest BCUT2D eigenvalue weighted by Crippen LogP contribution is 2.36. The van der Waals surface area contributed by atoms with Crippen LogP contribution < -0.4 is 19.3 Å². The number of hydrogen-bond acceptors (Lipinski definition) is 10. The molecule has 36 heavy (non-hydrogen) atoms. The molecule has 2 aromatic heterocycles. The quantitative estimate of drug-likeness (QED) is 0.304. The van der Waals surface area contributed by atoms with Gasteiger partial charge in [0, 0.05) is 13.2 Å². The van der Waals surface area contributed by atoms with E-state index < -0.39 is 0 Å². The maximum absolute atomic E-state index is 5.97. The topological polar surface area (TPSA) is 63.2 Å². The Hall–Kier alpha value is -2.66. The number of ether oxygens (including phenoxy) is 3. The average Bonchev–Trinajstić information content (AvgIpc) is 3.63. The molecule has 2 fully saturated rings. The Kier molecular flexibility index (Phi) is 6.83. The Morgan fingerprint density at radius 1 is 0.861 bits per heavy atom. The van der Waals surface area contributed by atoms with E-state index in [1.54, 1.807) is 22.7 Å². The molecule has 2 aromatic carbocycles. The van der Waals surface area contributed by atoms with Crippen LogP contribution in [0.3, 0.4) is 0 Å². The van der Waals surface area contributed by atoms with Crippen molar-refractivity contribution in [1.82, 2.24) is 14.9 Å². The van der Waals surface area contributed by atoms with Gasteiger partial charge in [0.15, 0.2) is 10.3 Å². The molecule has 0 amide bonds. The van der Waals surface area contributed by atoms with Crippen molar-refractivity contribution >= 4 is 53.4 Å². The lowest BCUT2D eigenvalue weighted by Gasteiger charge is -2.42. The number of hydrogen-bond donors (Lipinski definition) is 0. The molecular weight excluding hydrogens is 494 g/mol. The van der Waals surface area contributed by atoms with Gasteiger partial charge in [0.25, 0.3) is 0 Å². The van der Waals surface area contributed by atoms with E-state index in [9.17, 15) is 0 Å². The molecule has 2 aliphatic heterocycles. The normalized spacial score (nSPS) is 19.0. The van der Waals surface area contributed by atoms with Crippen LogP contribution in [0.5, 0.6) is 11.5 Å². The molecule has 0 radical (unpaired) electrons. The molecule has 0 aliphatic carbocycles. The van der Waals surface area contributed by atoms with Crippen LogP contribution in [0.25, 0.3) is 20.4 Å². The van der Waals surface area contributed by atoms with Gasteiger partial charge in [-0.25, -0.2) is 9.97 Å². The molecule has 0 spiro atoms. The molecule has 0 bridgehead atoms. The molecule has 4 heterocycles. The number of benzene rings is 2. The third kappa shape index (κ3) is 4.95. The summed E-state index contributed by atoms with van der Waals surface area (Å²) in [6, 6.07) is 12.3. The standard InChI is InChI=1S/C26H31N5O3S2/c1-3-32-18-7-9-21-23(12-18)35-25(27-21)30-15-29(14-20-6-5-11-34-20)16-31(17-30)26-28-22-10-8-19(33-4-2)13-24(22)36-26/h7-10,12-13,20H,3-6,11,14-17H2,1-2H3/t20-/m1/s1. The van der Waals surface area contributed by atoms with Crippen LogP contribution in [0.15, 0.2) is 36.4 Å². The SMILES string of the molecule is CCOc1ccc2nc(N3CN(C[C@H]4CCCO4)CN(c4nc5ccc(OCC)cc5s4)C3)sc2c1. The van der Waals surface area contributed by atoms with Crippen LogP contribution in [0.2, 0.25) is 0 Å². The van der Waals surface area contributed by atoms with Gasteiger partial charge < -0.3 is 24.0 Å². The van der Waals surface area contributed by atoms with Crippen LogP contribution in [0, 0.1) is 0 Å². The zero-order valence-corrected chi connectivity index (χ0v) is 22.3. The predicted molar refractivity (Wildman–Crippen MR) is 147 cm³/mol. The average molecular weight is 526 g/mol. The summed E-state index contributed by atoms with van der Waals surface area (Å²) >= 11 is 3.43. The minimum atomic E-state index is 0.292. The molecule has 8 nitrogen and oxygen atoms in total. The molecule has 0 unspecified atom stereocenters. The molecule has 190 valence electrons. The van der Waals surface area contributed by atoms with Crippen molar-refractivity contribution < 1.29 is 14.2 Å². The summed E-state index contributed by atoms with van der Waals surface area (Å²) in [5.41, 5.74) is 2.01. The second kappa shape index (κ2) is 10.4.